The third-order valence-corrected chi connectivity index (χ3v) is 5.53. The van der Waals surface area contributed by atoms with Crippen LogP contribution in [0.3, 0.4) is 0 Å². The number of ether oxygens (including phenoxy) is 1. The van der Waals surface area contributed by atoms with Crippen molar-refractivity contribution < 1.29 is 4.74 Å². The number of hydrogen-bond donors (Lipinski definition) is 0. The van der Waals surface area contributed by atoms with E-state index < -0.39 is 0 Å². The van der Waals surface area contributed by atoms with Gasteiger partial charge in [-0.3, -0.25) is 4.79 Å². The smallest absolute Gasteiger partial charge is 0.270 e. The lowest BCUT2D eigenvalue weighted by atomic mass is 10.0. The normalized spacial score (nSPS) is 14.8. The van der Waals surface area contributed by atoms with Crippen LogP contribution in [0.5, 0.6) is 5.75 Å². The predicted octanol–water partition coefficient (Wildman–Crippen LogP) is 3.77. The van der Waals surface area contributed by atoms with E-state index in [9.17, 15) is 10.1 Å². The van der Waals surface area contributed by atoms with Crippen molar-refractivity contribution in [2.75, 3.05) is 18.0 Å². The van der Waals surface area contributed by atoms with E-state index in [0.29, 0.717) is 0 Å². The first-order valence-electron chi connectivity index (χ1n) is 9.59. The summed E-state index contributed by atoms with van der Waals surface area (Å²) in [4.78, 5) is 14.9. The molecule has 2 aromatic carbocycles. The highest BCUT2D eigenvalue weighted by Gasteiger charge is 2.26. The van der Waals surface area contributed by atoms with Gasteiger partial charge < -0.3 is 14.2 Å². The van der Waals surface area contributed by atoms with E-state index in [0.717, 1.165) is 53.8 Å². The topological polar surface area (TPSA) is 58.3 Å². The lowest BCUT2D eigenvalue weighted by molar-refractivity contribution is 0.170. The van der Waals surface area contributed by atoms with Crippen LogP contribution in [-0.4, -0.2) is 23.8 Å². The molecular formula is C23H23N3O2. The molecule has 0 spiro atoms. The Morgan fingerprint density at radius 3 is 2.46 bits per heavy atom. The molecule has 5 nitrogen and oxygen atoms in total. The molecule has 0 amide bonds. The first-order chi connectivity index (χ1) is 13.6. The van der Waals surface area contributed by atoms with Gasteiger partial charge in [-0.05, 0) is 24.6 Å². The van der Waals surface area contributed by atoms with Crippen LogP contribution in [0.2, 0.25) is 0 Å². The molecule has 28 heavy (non-hydrogen) atoms. The standard InChI is InChI=1S/C23H23N3O2/c1-16-7-3-6-10-21(16)28-17-11-13-26(14-12-17)22-18-8-4-5-9-20(18)25(2)23(27)19(22)15-24/h3-10,17H,11-14H2,1-2H3. The molecule has 0 radical (unpaired) electrons. The van der Waals surface area contributed by atoms with Crippen LogP contribution < -0.4 is 15.2 Å². The summed E-state index contributed by atoms with van der Waals surface area (Å²) in [5.41, 5.74) is 2.72. The highest BCUT2D eigenvalue weighted by Crippen LogP contribution is 2.31. The third kappa shape index (κ3) is 3.11. The first-order valence-corrected chi connectivity index (χ1v) is 9.59. The van der Waals surface area contributed by atoms with E-state index in [-0.39, 0.29) is 17.2 Å². The van der Waals surface area contributed by atoms with Gasteiger partial charge in [0.15, 0.2) is 0 Å². The number of aryl methyl sites for hydroxylation is 2. The minimum atomic E-state index is -0.241. The number of para-hydroxylation sites is 2. The Hall–Kier alpha value is -3.26. The molecule has 4 rings (SSSR count). The van der Waals surface area contributed by atoms with Gasteiger partial charge in [-0.1, -0.05) is 36.4 Å². The summed E-state index contributed by atoms with van der Waals surface area (Å²) in [5.74, 6) is 0.928. The maximum absolute atomic E-state index is 12.7. The van der Waals surface area contributed by atoms with Crippen molar-refractivity contribution in [2.45, 2.75) is 25.9 Å². The molecule has 0 aliphatic carbocycles. The summed E-state index contributed by atoms with van der Waals surface area (Å²) in [5, 5.41) is 10.6. The molecular weight excluding hydrogens is 350 g/mol. The van der Waals surface area contributed by atoms with E-state index in [1.54, 1.807) is 11.6 Å². The van der Waals surface area contributed by atoms with Gasteiger partial charge in [-0.25, -0.2) is 0 Å². The van der Waals surface area contributed by atoms with Gasteiger partial charge in [-0.2, -0.15) is 5.26 Å². The Kier molecular flexibility index (Phi) is 4.79. The number of hydrogen-bond acceptors (Lipinski definition) is 4. The van der Waals surface area contributed by atoms with E-state index in [1.807, 2.05) is 42.5 Å². The highest BCUT2D eigenvalue weighted by atomic mass is 16.5. The monoisotopic (exact) mass is 373 g/mol. The van der Waals surface area contributed by atoms with Crippen LogP contribution in [0.25, 0.3) is 10.9 Å². The van der Waals surface area contributed by atoms with E-state index in [2.05, 4.69) is 24.0 Å². The van der Waals surface area contributed by atoms with Crippen molar-refractivity contribution in [1.82, 2.24) is 4.57 Å². The van der Waals surface area contributed by atoms with Gasteiger partial charge >= 0.3 is 0 Å². The van der Waals surface area contributed by atoms with Crippen LogP contribution in [0, 0.1) is 18.3 Å². The molecule has 1 aromatic heterocycles. The van der Waals surface area contributed by atoms with Crippen LogP contribution in [0.4, 0.5) is 5.69 Å². The van der Waals surface area contributed by atoms with E-state index >= 15 is 0 Å². The second kappa shape index (κ2) is 7.40. The van der Waals surface area contributed by atoms with Crippen LogP contribution >= 0.6 is 0 Å². The average Bonchev–Trinajstić information content (AvgIpc) is 2.73. The zero-order chi connectivity index (χ0) is 19.7. The average molecular weight is 373 g/mol. The number of anilines is 1. The molecule has 5 heteroatoms. The van der Waals surface area contributed by atoms with E-state index in [1.165, 1.54) is 0 Å². The zero-order valence-electron chi connectivity index (χ0n) is 16.2. The van der Waals surface area contributed by atoms with Crippen molar-refractivity contribution in [3.05, 3.63) is 70.0 Å². The van der Waals surface area contributed by atoms with Crippen LogP contribution in [0.15, 0.2) is 53.3 Å². The van der Waals surface area contributed by atoms with Crippen LogP contribution in [-0.2, 0) is 7.05 Å². The number of rotatable bonds is 3. The molecule has 0 atom stereocenters. The number of nitrogens with zero attached hydrogens (tertiary/aromatic N) is 3. The molecule has 0 saturated carbocycles. The zero-order valence-corrected chi connectivity index (χ0v) is 16.2. The number of pyridine rings is 1. The second-order valence-electron chi connectivity index (χ2n) is 7.29. The minimum Gasteiger partial charge on any atom is -0.490 e. The Labute approximate surface area is 164 Å². The van der Waals surface area contributed by atoms with Crippen molar-refractivity contribution in [2.24, 2.45) is 7.05 Å². The molecule has 1 saturated heterocycles. The minimum absolute atomic E-state index is 0.140. The summed E-state index contributed by atoms with van der Waals surface area (Å²) >= 11 is 0. The molecule has 142 valence electrons. The lowest BCUT2D eigenvalue weighted by Gasteiger charge is -2.35. The summed E-state index contributed by atoms with van der Waals surface area (Å²) < 4.78 is 7.76. The summed E-state index contributed by atoms with van der Waals surface area (Å²) in [6.45, 7) is 3.56. The number of fused-ring (bicyclic) bond motifs is 1. The van der Waals surface area contributed by atoms with Crippen molar-refractivity contribution in [3.63, 3.8) is 0 Å². The maximum Gasteiger partial charge on any atom is 0.270 e. The number of aromatic nitrogens is 1. The maximum atomic E-state index is 12.7. The lowest BCUT2D eigenvalue weighted by Crippen LogP contribution is -2.40. The predicted molar refractivity (Wildman–Crippen MR) is 111 cm³/mol. The Bertz CT molecular complexity index is 1120. The molecule has 2 heterocycles. The van der Waals surface area contributed by atoms with Crippen molar-refractivity contribution >= 4 is 16.6 Å². The molecule has 1 fully saturated rings. The van der Waals surface area contributed by atoms with Crippen molar-refractivity contribution in [1.29, 1.82) is 5.26 Å². The molecule has 0 bridgehead atoms. The van der Waals surface area contributed by atoms with Gasteiger partial charge in [0, 0.05) is 38.4 Å². The molecule has 0 unspecified atom stereocenters. The van der Waals surface area contributed by atoms with Gasteiger partial charge in [0.25, 0.3) is 5.56 Å². The van der Waals surface area contributed by atoms with Crippen molar-refractivity contribution in [3.8, 4) is 11.8 Å². The summed E-state index contributed by atoms with van der Waals surface area (Å²) in [6, 6.07) is 18.0. The van der Waals surface area contributed by atoms with E-state index in [4.69, 9.17) is 4.74 Å². The molecule has 1 aliphatic rings. The second-order valence-corrected chi connectivity index (χ2v) is 7.29. The SMILES string of the molecule is Cc1ccccc1OC1CCN(c2c(C#N)c(=O)n(C)c3ccccc23)CC1. The fourth-order valence-corrected chi connectivity index (χ4v) is 3.97. The Balaban J connectivity index is 1.63. The summed E-state index contributed by atoms with van der Waals surface area (Å²) in [7, 11) is 1.72. The third-order valence-electron chi connectivity index (χ3n) is 5.53. The molecule has 0 N–H and O–H groups in total. The largest absolute Gasteiger partial charge is 0.490 e. The number of nitriles is 1. The van der Waals surface area contributed by atoms with Gasteiger partial charge in [-0.15, -0.1) is 0 Å². The Morgan fingerprint density at radius 1 is 1.07 bits per heavy atom. The summed E-state index contributed by atoms with van der Waals surface area (Å²) in [6.07, 6.45) is 1.84. The fraction of sp³-hybridized carbons (Fsp3) is 0.304. The number of benzene rings is 2. The van der Waals surface area contributed by atoms with Gasteiger partial charge in [0.2, 0.25) is 0 Å². The quantitative estimate of drug-likeness (QED) is 0.701. The fourth-order valence-electron chi connectivity index (χ4n) is 3.97. The van der Waals surface area contributed by atoms with Gasteiger partial charge in [0.1, 0.15) is 23.5 Å². The molecule has 3 aromatic rings. The van der Waals surface area contributed by atoms with Gasteiger partial charge in [0.05, 0.1) is 11.2 Å². The molecule has 1 aliphatic heterocycles. The number of piperidine rings is 1. The highest BCUT2D eigenvalue weighted by molar-refractivity contribution is 5.94. The van der Waals surface area contributed by atoms with Crippen LogP contribution in [0.1, 0.15) is 24.0 Å². The Morgan fingerprint density at radius 2 is 1.75 bits per heavy atom. The first kappa shape index (κ1) is 18.1.